The number of epoxide rings is 1. The van der Waals surface area contributed by atoms with Crippen LogP contribution in [0.5, 0.6) is 0 Å². The van der Waals surface area contributed by atoms with Crippen molar-refractivity contribution in [1.29, 1.82) is 0 Å². The molecule has 2 saturated heterocycles. The van der Waals surface area contributed by atoms with Crippen LogP contribution >= 0.6 is 0 Å². The zero-order valence-corrected chi connectivity index (χ0v) is 16.9. The minimum absolute atomic E-state index is 0.118. The lowest BCUT2D eigenvalue weighted by molar-refractivity contribution is -0.278. The van der Waals surface area contributed by atoms with Crippen LogP contribution in [0.15, 0.2) is 0 Å². The summed E-state index contributed by atoms with van der Waals surface area (Å²) in [7, 11) is 0. The second kappa shape index (κ2) is 10.5. The van der Waals surface area contributed by atoms with Gasteiger partial charge in [0.15, 0.2) is 18.5 Å². The first kappa shape index (κ1) is 23.0. The molecule has 0 radical (unpaired) electrons. The van der Waals surface area contributed by atoms with E-state index in [1.807, 2.05) is 0 Å². The normalized spacial score (nSPS) is 30.8. The van der Waals surface area contributed by atoms with Gasteiger partial charge in [-0.3, -0.25) is 19.2 Å². The van der Waals surface area contributed by atoms with Crippen LogP contribution in [0.3, 0.4) is 0 Å². The summed E-state index contributed by atoms with van der Waals surface area (Å²) < 4.78 is 32.4. The third kappa shape index (κ3) is 7.59. The summed E-state index contributed by atoms with van der Waals surface area (Å²) >= 11 is 0. The molecule has 2 rings (SSSR count). The highest BCUT2D eigenvalue weighted by Crippen LogP contribution is 2.28. The van der Waals surface area contributed by atoms with Crippen LogP contribution in [-0.2, 0) is 47.6 Å². The molecule has 2 heterocycles. The van der Waals surface area contributed by atoms with Crippen LogP contribution < -0.4 is 5.32 Å². The predicted octanol–water partition coefficient (Wildman–Crippen LogP) is -0.552. The minimum Gasteiger partial charge on any atom is -0.463 e. The first-order valence-corrected chi connectivity index (χ1v) is 9.31. The second-order valence-corrected chi connectivity index (χ2v) is 6.83. The maximum Gasteiger partial charge on any atom is 0.303 e. The molecule has 0 aromatic rings. The van der Waals surface area contributed by atoms with Crippen molar-refractivity contribution in [2.45, 2.75) is 70.9 Å². The molecule has 2 aliphatic rings. The SMILES string of the molecule is CC(=O)N[C@H]1[C@H](OCCC2CO2)O[C@H](COC(C)=O)[C@@H](OC(C)=O)[C@@H]1OC(C)=O. The fourth-order valence-corrected chi connectivity index (χ4v) is 2.98. The molecule has 0 aliphatic carbocycles. The lowest BCUT2D eigenvalue weighted by atomic mass is 9.96. The molecule has 1 amide bonds. The number of carbonyl (C=O) groups is 4. The number of carbonyl (C=O) groups excluding carboxylic acids is 4. The van der Waals surface area contributed by atoms with Gasteiger partial charge in [-0.1, -0.05) is 0 Å². The monoisotopic (exact) mass is 417 g/mol. The van der Waals surface area contributed by atoms with Crippen molar-refractivity contribution in [3.05, 3.63) is 0 Å². The summed E-state index contributed by atoms with van der Waals surface area (Å²) in [5.74, 6) is -2.29. The molecular formula is C18H27NO10. The van der Waals surface area contributed by atoms with Crippen molar-refractivity contribution < 1.29 is 47.6 Å². The topological polar surface area (TPSA) is 139 Å². The second-order valence-electron chi connectivity index (χ2n) is 6.83. The number of nitrogens with one attached hydrogen (secondary N) is 1. The molecule has 11 nitrogen and oxygen atoms in total. The quantitative estimate of drug-likeness (QED) is 0.295. The summed E-state index contributed by atoms with van der Waals surface area (Å²) in [5.41, 5.74) is 0. The summed E-state index contributed by atoms with van der Waals surface area (Å²) in [4.78, 5) is 46.3. The molecule has 164 valence electrons. The molecule has 1 unspecified atom stereocenters. The van der Waals surface area contributed by atoms with E-state index < -0.39 is 54.5 Å². The zero-order chi connectivity index (χ0) is 21.6. The van der Waals surface area contributed by atoms with Crippen LogP contribution in [0.2, 0.25) is 0 Å². The molecule has 0 bridgehead atoms. The lowest BCUT2D eigenvalue weighted by Crippen LogP contribution is -2.66. The molecule has 0 spiro atoms. The molecule has 11 heteroatoms. The van der Waals surface area contributed by atoms with Gasteiger partial charge in [-0.25, -0.2) is 0 Å². The van der Waals surface area contributed by atoms with Crippen LogP contribution in [-0.4, -0.2) is 80.4 Å². The minimum atomic E-state index is -1.13. The van der Waals surface area contributed by atoms with E-state index in [9.17, 15) is 19.2 Å². The number of rotatable bonds is 9. The fraction of sp³-hybridized carbons (Fsp3) is 0.778. The molecule has 6 atom stereocenters. The van der Waals surface area contributed by atoms with Crippen molar-refractivity contribution in [1.82, 2.24) is 5.32 Å². The summed E-state index contributed by atoms with van der Waals surface area (Å²) in [5, 5.41) is 2.63. The molecule has 29 heavy (non-hydrogen) atoms. The van der Waals surface area contributed by atoms with E-state index in [1.165, 1.54) is 27.7 Å². The first-order chi connectivity index (χ1) is 13.7. The highest BCUT2D eigenvalue weighted by Gasteiger charge is 2.51. The number of amides is 1. The van der Waals surface area contributed by atoms with Crippen molar-refractivity contribution in [2.75, 3.05) is 19.8 Å². The predicted molar refractivity (Wildman–Crippen MR) is 94.3 cm³/mol. The van der Waals surface area contributed by atoms with E-state index >= 15 is 0 Å². The highest BCUT2D eigenvalue weighted by atomic mass is 16.7. The Morgan fingerprint density at radius 3 is 2.10 bits per heavy atom. The van der Waals surface area contributed by atoms with Crippen LogP contribution in [0.1, 0.15) is 34.1 Å². The molecule has 1 N–H and O–H groups in total. The van der Waals surface area contributed by atoms with Gasteiger partial charge in [0.1, 0.15) is 18.8 Å². The fourth-order valence-electron chi connectivity index (χ4n) is 2.98. The van der Waals surface area contributed by atoms with E-state index in [0.29, 0.717) is 13.0 Å². The van der Waals surface area contributed by atoms with Gasteiger partial charge in [-0.05, 0) is 6.42 Å². The van der Waals surface area contributed by atoms with Crippen molar-refractivity contribution in [3.8, 4) is 0 Å². The number of ether oxygens (including phenoxy) is 6. The average molecular weight is 417 g/mol. The number of hydrogen-bond donors (Lipinski definition) is 1. The van der Waals surface area contributed by atoms with Crippen molar-refractivity contribution in [2.24, 2.45) is 0 Å². The smallest absolute Gasteiger partial charge is 0.303 e. The highest BCUT2D eigenvalue weighted by molar-refractivity contribution is 5.73. The molecular weight excluding hydrogens is 390 g/mol. The van der Waals surface area contributed by atoms with Gasteiger partial charge in [-0.15, -0.1) is 0 Å². The van der Waals surface area contributed by atoms with Gasteiger partial charge in [0, 0.05) is 27.7 Å². The maximum absolute atomic E-state index is 11.7. The summed E-state index contributed by atoms with van der Waals surface area (Å²) in [6, 6.07) is -0.950. The number of esters is 3. The van der Waals surface area contributed by atoms with E-state index in [-0.39, 0.29) is 19.3 Å². The van der Waals surface area contributed by atoms with Crippen LogP contribution in [0, 0.1) is 0 Å². The Morgan fingerprint density at radius 2 is 1.59 bits per heavy atom. The van der Waals surface area contributed by atoms with Gasteiger partial charge in [0.25, 0.3) is 0 Å². The number of hydrogen-bond acceptors (Lipinski definition) is 10. The van der Waals surface area contributed by atoms with E-state index in [4.69, 9.17) is 28.4 Å². The zero-order valence-electron chi connectivity index (χ0n) is 16.9. The Balaban J connectivity index is 2.26. The van der Waals surface area contributed by atoms with E-state index in [1.54, 1.807) is 0 Å². The first-order valence-electron chi connectivity index (χ1n) is 9.31. The maximum atomic E-state index is 11.7. The van der Waals surface area contributed by atoms with Crippen molar-refractivity contribution >= 4 is 23.8 Å². The molecule has 0 aromatic heterocycles. The average Bonchev–Trinajstić information content (AvgIpc) is 3.41. The van der Waals surface area contributed by atoms with Crippen LogP contribution in [0.25, 0.3) is 0 Å². The van der Waals surface area contributed by atoms with Crippen LogP contribution in [0.4, 0.5) is 0 Å². The molecule has 0 aromatic carbocycles. The molecule has 2 fully saturated rings. The Labute approximate surface area is 168 Å². The Morgan fingerprint density at radius 1 is 0.966 bits per heavy atom. The third-order valence-corrected chi connectivity index (χ3v) is 4.20. The molecule has 0 saturated carbocycles. The van der Waals surface area contributed by atoms with Gasteiger partial charge in [-0.2, -0.15) is 0 Å². The Kier molecular flexibility index (Phi) is 8.35. The van der Waals surface area contributed by atoms with Gasteiger partial charge in [0.05, 0.1) is 19.3 Å². The van der Waals surface area contributed by atoms with E-state index in [0.717, 1.165) is 0 Å². The van der Waals surface area contributed by atoms with Gasteiger partial charge in [0.2, 0.25) is 5.91 Å². The van der Waals surface area contributed by atoms with E-state index in [2.05, 4.69) is 5.32 Å². The lowest BCUT2D eigenvalue weighted by Gasteiger charge is -2.44. The Hall–Kier alpha value is -2.24. The standard InChI is InChI=1S/C18H27NO10/c1-9(20)19-15-17(28-12(4)23)16(27-11(3)22)14(8-25-10(2)21)29-18(15)24-6-5-13-7-26-13/h13-18H,5-8H2,1-4H3,(H,19,20)/t13?,14-,15-,16-,17-,18-/m1/s1. The Bertz CT molecular complexity index is 620. The molecule has 2 aliphatic heterocycles. The van der Waals surface area contributed by atoms with Crippen molar-refractivity contribution in [3.63, 3.8) is 0 Å². The largest absolute Gasteiger partial charge is 0.463 e. The van der Waals surface area contributed by atoms with Gasteiger partial charge < -0.3 is 33.7 Å². The van der Waals surface area contributed by atoms with Gasteiger partial charge >= 0.3 is 17.9 Å². The third-order valence-electron chi connectivity index (χ3n) is 4.20. The summed E-state index contributed by atoms with van der Waals surface area (Å²) in [6.45, 7) is 5.53. The summed E-state index contributed by atoms with van der Waals surface area (Å²) in [6.07, 6.45) is -3.51.